The topological polar surface area (TPSA) is 110 Å². The van der Waals surface area contributed by atoms with Gasteiger partial charge in [-0.3, -0.25) is 19.7 Å². The first-order valence-corrected chi connectivity index (χ1v) is 9.93. The molecule has 2 aliphatic heterocycles. The van der Waals surface area contributed by atoms with Gasteiger partial charge >= 0.3 is 6.09 Å². The van der Waals surface area contributed by atoms with Gasteiger partial charge in [-0.2, -0.15) is 0 Å². The maximum Gasteiger partial charge on any atom is 0.410 e. The van der Waals surface area contributed by atoms with Gasteiger partial charge in [0.15, 0.2) is 0 Å². The number of anilines is 1. The van der Waals surface area contributed by atoms with Gasteiger partial charge in [-0.15, -0.1) is 0 Å². The molecule has 1 atom stereocenters. The molecule has 0 bridgehead atoms. The van der Waals surface area contributed by atoms with Crippen LogP contribution in [0.1, 0.15) is 52.5 Å². The van der Waals surface area contributed by atoms with Crippen LogP contribution < -0.4 is 16.2 Å². The lowest BCUT2D eigenvalue weighted by atomic mass is 10.0. The Balaban J connectivity index is 1.59. The molecule has 29 heavy (non-hydrogen) atoms. The molecule has 0 spiro atoms. The molecule has 2 fully saturated rings. The van der Waals surface area contributed by atoms with Crippen molar-refractivity contribution in [3.05, 3.63) is 28.7 Å². The van der Waals surface area contributed by atoms with Crippen LogP contribution in [0.5, 0.6) is 0 Å². The van der Waals surface area contributed by atoms with Crippen LogP contribution in [0.3, 0.4) is 0 Å². The summed E-state index contributed by atoms with van der Waals surface area (Å²) < 4.78 is 7.07. The number of carbonyl (C=O) groups excluding carboxylic acids is 3. The van der Waals surface area contributed by atoms with Gasteiger partial charge in [-0.25, -0.2) is 4.79 Å². The maximum atomic E-state index is 12.6. The molecule has 0 radical (unpaired) electrons. The number of pyridine rings is 1. The predicted molar refractivity (Wildman–Crippen MR) is 107 cm³/mol. The fourth-order valence-electron chi connectivity index (χ4n) is 3.57. The highest BCUT2D eigenvalue weighted by atomic mass is 16.6. The predicted octanol–water partition coefficient (Wildman–Crippen LogP) is 1.64. The fourth-order valence-corrected chi connectivity index (χ4v) is 3.57. The lowest BCUT2D eigenvalue weighted by molar-refractivity contribution is -0.133. The molecular weight excluding hydrogens is 376 g/mol. The lowest BCUT2D eigenvalue weighted by Crippen LogP contribution is -2.47. The second kappa shape index (κ2) is 8.26. The minimum Gasteiger partial charge on any atom is -0.444 e. The molecule has 3 amide bonds. The van der Waals surface area contributed by atoms with Crippen LogP contribution in [0.15, 0.2) is 23.1 Å². The zero-order valence-electron chi connectivity index (χ0n) is 17.1. The third-order valence-corrected chi connectivity index (χ3v) is 5.04. The van der Waals surface area contributed by atoms with Crippen molar-refractivity contribution in [1.29, 1.82) is 0 Å². The van der Waals surface area contributed by atoms with E-state index >= 15 is 0 Å². The van der Waals surface area contributed by atoms with Gasteiger partial charge in [0.2, 0.25) is 11.8 Å². The Morgan fingerprint density at radius 2 is 1.86 bits per heavy atom. The first kappa shape index (κ1) is 20.9. The molecule has 2 N–H and O–H groups in total. The number of rotatable bonds is 3. The van der Waals surface area contributed by atoms with Crippen molar-refractivity contribution in [3.8, 4) is 0 Å². The van der Waals surface area contributed by atoms with E-state index in [4.69, 9.17) is 4.74 Å². The van der Waals surface area contributed by atoms with Crippen molar-refractivity contribution in [2.45, 2.75) is 64.1 Å². The first-order chi connectivity index (χ1) is 13.6. The molecule has 3 rings (SSSR count). The van der Waals surface area contributed by atoms with Crippen molar-refractivity contribution in [2.24, 2.45) is 0 Å². The number of nitrogens with one attached hydrogen (secondary N) is 2. The Labute approximate surface area is 169 Å². The van der Waals surface area contributed by atoms with Crippen molar-refractivity contribution in [2.75, 3.05) is 18.4 Å². The molecule has 158 valence electrons. The molecule has 3 heterocycles. The molecule has 9 nitrogen and oxygen atoms in total. The first-order valence-electron chi connectivity index (χ1n) is 9.93. The second-order valence-electron chi connectivity index (χ2n) is 8.51. The number of imide groups is 1. The van der Waals surface area contributed by atoms with E-state index in [1.165, 1.54) is 6.07 Å². The molecule has 0 aliphatic carbocycles. The van der Waals surface area contributed by atoms with Gasteiger partial charge < -0.3 is 19.5 Å². The Morgan fingerprint density at radius 1 is 1.17 bits per heavy atom. The highest BCUT2D eigenvalue weighted by molar-refractivity contribution is 6.01. The van der Waals surface area contributed by atoms with Crippen LogP contribution in [-0.2, 0) is 14.3 Å². The number of nitrogens with zero attached hydrogens (tertiary/aromatic N) is 2. The SMILES string of the molecule is CC(C)(C)OC(=O)N1CCC(n2ccc(N[C@H]3CCC(=O)NC3=O)cc2=O)CC1. The van der Waals surface area contributed by atoms with E-state index in [9.17, 15) is 19.2 Å². The number of piperidine rings is 2. The number of hydrogen-bond acceptors (Lipinski definition) is 6. The standard InChI is InChI=1S/C20H28N4O5/c1-20(2,3)29-19(28)23-9-7-14(8-10-23)24-11-6-13(12-17(24)26)21-15-4-5-16(25)22-18(15)27/h6,11-12,14-15,21H,4-5,7-10H2,1-3H3,(H,22,25,27)/t15-/m0/s1. The van der Waals surface area contributed by atoms with E-state index in [2.05, 4.69) is 10.6 Å². The molecule has 0 unspecified atom stereocenters. The summed E-state index contributed by atoms with van der Waals surface area (Å²) in [5.41, 5.74) is -0.152. The Kier molecular flexibility index (Phi) is 5.95. The van der Waals surface area contributed by atoms with Crippen molar-refractivity contribution in [3.63, 3.8) is 0 Å². The molecule has 0 aromatic carbocycles. The van der Waals surface area contributed by atoms with E-state index in [-0.39, 0.29) is 35.9 Å². The van der Waals surface area contributed by atoms with Gasteiger partial charge in [0.05, 0.1) is 0 Å². The summed E-state index contributed by atoms with van der Waals surface area (Å²) >= 11 is 0. The van der Waals surface area contributed by atoms with Gasteiger partial charge in [-0.05, 0) is 46.1 Å². The zero-order valence-corrected chi connectivity index (χ0v) is 17.1. The fraction of sp³-hybridized carbons (Fsp3) is 0.600. The third kappa shape index (κ3) is 5.36. The molecule has 2 aliphatic rings. The Morgan fingerprint density at radius 3 is 2.45 bits per heavy atom. The summed E-state index contributed by atoms with van der Waals surface area (Å²) in [6, 6.07) is 2.70. The Hall–Kier alpha value is -2.84. The maximum absolute atomic E-state index is 12.6. The molecular formula is C20H28N4O5. The summed E-state index contributed by atoms with van der Waals surface area (Å²) in [6.07, 6.45) is 3.39. The largest absolute Gasteiger partial charge is 0.444 e. The number of amides is 3. The number of aromatic nitrogens is 1. The zero-order chi connectivity index (χ0) is 21.2. The highest BCUT2D eigenvalue weighted by Crippen LogP contribution is 2.23. The van der Waals surface area contributed by atoms with Gasteiger partial charge in [0.1, 0.15) is 11.6 Å². The molecule has 9 heteroatoms. The van der Waals surface area contributed by atoms with Crippen LogP contribution in [0.4, 0.5) is 10.5 Å². The monoisotopic (exact) mass is 404 g/mol. The van der Waals surface area contributed by atoms with E-state index in [1.54, 1.807) is 21.7 Å². The molecule has 2 saturated heterocycles. The number of hydrogen-bond donors (Lipinski definition) is 2. The average molecular weight is 404 g/mol. The van der Waals surface area contributed by atoms with Crippen LogP contribution in [-0.4, -0.2) is 52.1 Å². The number of likely N-dealkylation sites (tertiary alicyclic amines) is 1. The van der Waals surface area contributed by atoms with Crippen molar-refractivity contribution in [1.82, 2.24) is 14.8 Å². The summed E-state index contributed by atoms with van der Waals surface area (Å²) in [5, 5.41) is 5.31. The van der Waals surface area contributed by atoms with Crippen LogP contribution in [0, 0.1) is 0 Å². The van der Waals surface area contributed by atoms with E-state index < -0.39 is 11.6 Å². The third-order valence-electron chi connectivity index (χ3n) is 5.04. The smallest absolute Gasteiger partial charge is 0.410 e. The molecule has 1 aromatic heterocycles. The lowest BCUT2D eigenvalue weighted by Gasteiger charge is -2.34. The Bertz CT molecular complexity index is 849. The number of carbonyl (C=O) groups is 3. The number of ether oxygens (including phenoxy) is 1. The van der Waals surface area contributed by atoms with E-state index in [0.717, 1.165) is 0 Å². The van der Waals surface area contributed by atoms with E-state index in [1.807, 2.05) is 20.8 Å². The van der Waals surface area contributed by atoms with Gasteiger partial charge in [-0.1, -0.05) is 0 Å². The second-order valence-corrected chi connectivity index (χ2v) is 8.51. The average Bonchev–Trinajstić information content (AvgIpc) is 2.63. The summed E-state index contributed by atoms with van der Waals surface area (Å²) in [7, 11) is 0. The minimum absolute atomic E-state index is 0.00540. The summed E-state index contributed by atoms with van der Waals surface area (Å²) in [5.74, 6) is -0.652. The van der Waals surface area contributed by atoms with E-state index in [0.29, 0.717) is 38.0 Å². The van der Waals surface area contributed by atoms with Crippen LogP contribution in [0.25, 0.3) is 0 Å². The minimum atomic E-state index is -0.532. The molecule has 0 saturated carbocycles. The quantitative estimate of drug-likeness (QED) is 0.741. The van der Waals surface area contributed by atoms with Crippen molar-refractivity contribution >= 4 is 23.6 Å². The summed E-state index contributed by atoms with van der Waals surface area (Å²) in [4.78, 5) is 49.5. The van der Waals surface area contributed by atoms with Crippen molar-refractivity contribution < 1.29 is 19.1 Å². The normalized spacial score (nSPS) is 20.9. The van der Waals surface area contributed by atoms with Gasteiger partial charge in [0.25, 0.3) is 5.56 Å². The van der Waals surface area contributed by atoms with Crippen LogP contribution in [0.2, 0.25) is 0 Å². The van der Waals surface area contributed by atoms with Gasteiger partial charge in [0, 0.05) is 43.5 Å². The summed E-state index contributed by atoms with van der Waals surface area (Å²) in [6.45, 7) is 6.56. The van der Waals surface area contributed by atoms with Crippen LogP contribution >= 0.6 is 0 Å². The highest BCUT2D eigenvalue weighted by Gasteiger charge is 2.29. The molecule has 1 aromatic rings.